The molecule has 2 N–H and O–H groups in total. The number of fused-ring (bicyclic) bond motifs is 1. The predicted molar refractivity (Wildman–Crippen MR) is 97.7 cm³/mol. The van der Waals surface area contributed by atoms with E-state index in [9.17, 15) is 0 Å². The molecule has 1 fully saturated rings. The summed E-state index contributed by atoms with van der Waals surface area (Å²) in [7, 11) is 0. The van der Waals surface area contributed by atoms with Crippen LogP contribution in [0.1, 0.15) is 5.69 Å². The first kappa shape index (κ1) is 15.1. The molecule has 2 heterocycles. The maximum Gasteiger partial charge on any atom is 0.0594 e. The first-order valence-electron chi connectivity index (χ1n) is 8.34. The number of morpholine rings is 1. The van der Waals surface area contributed by atoms with Gasteiger partial charge in [0.2, 0.25) is 0 Å². The molecule has 3 aromatic rings. The zero-order valence-electron chi connectivity index (χ0n) is 13.6. The Morgan fingerprint density at radius 3 is 2.54 bits per heavy atom. The molecule has 2 aromatic carbocycles. The molecule has 4 rings (SSSR count). The van der Waals surface area contributed by atoms with Gasteiger partial charge in [-0.15, -0.1) is 0 Å². The third-order valence-corrected chi connectivity index (χ3v) is 4.58. The second-order valence-electron chi connectivity index (χ2n) is 6.17. The summed E-state index contributed by atoms with van der Waals surface area (Å²) in [5.74, 6) is 0. The zero-order valence-corrected chi connectivity index (χ0v) is 13.6. The average molecular weight is 319 g/mol. The van der Waals surface area contributed by atoms with Crippen molar-refractivity contribution in [3.05, 3.63) is 60.4 Å². The molecule has 4 heteroatoms. The molecule has 0 spiro atoms. The van der Waals surface area contributed by atoms with E-state index in [0.29, 0.717) is 0 Å². The highest BCUT2D eigenvalue weighted by Crippen LogP contribution is 2.31. The van der Waals surface area contributed by atoms with E-state index in [0.717, 1.165) is 55.2 Å². The van der Waals surface area contributed by atoms with Crippen LogP contribution in [0.4, 0.5) is 5.69 Å². The Morgan fingerprint density at radius 2 is 1.75 bits per heavy atom. The summed E-state index contributed by atoms with van der Waals surface area (Å²) in [6.45, 7) is 4.47. The number of hydrogen-bond acceptors (Lipinski definition) is 4. The summed E-state index contributed by atoms with van der Waals surface area (Å²) in [5, 5.41) is 2.26. The molecule has 4 nitrogen and oxygen atoms in total. The molecule has 1 saturated heterocycles. The Kier molecular flexibility index (Phi) is 4.15. The van der Waals surface area contributed by atoms with Crippen molar-refractivity contribution < 1.29 is 4.74 Å². The van der Waals surface area contributed by atoms with E-state index in [2.05, 4.69) is 46.3 Å². The molecule has 0 amide bonds. The van der Waals surface area contributed by atoms with Gasteiger partial charge in [-0.1, -0.05) is 36.4 Å². The summed E-state index contributed by atoms with van der Waals surface area (Å²) in [6.07, 6.45) is 1.97. The topological polar surface area (TPSA) is 51.4 Å². The average Bonchev–Trinajstić information content (AvgIpc) is 2.63. The smallest absolute Gasteiger partial charge is 0.0594 e. The number of aromatic nitrogens is 1. The van der Waals surface area contributed by atoms with E-state index in [-0.39, 0.29) is 0 Å². The molecular weight excluding hydrogens is 298 g/mol. The Labute approximate surface area is 141 Å². The Balaban J connectivity index is 1.62. The van der Waals surface area contributed by atoms with Crippen LogP contribution in [-0.2, 0) is 11.3 Å². The molecule has 0 radical (unpaired) electrons. The minimum Gasteiger partial charge on any atom is -0.398 e. The van der Waals surface area contributed by atoms with E-state index >= 15 is 0 Å². The van der Waals surface area contributed by atoms with E-state index in [1.807, 2.05) is 18.3 Å². The van der Waals surface area contributed by atoms with E-state index in [1.54, 1.807) is 0 Å². The molecule has 1 aliphatic heterocycles. The summed E-state index contributed by atoms with van der Waals surface area (Å²) >= 11 is 0. The van der Waals surface area contributed by atoms with Crippen LogP contribution in [0.3, 0.4) is 0 Å². The fourth-order valence-corrected chi connectivity index (χ4v) is 3.25. The van der Waals surface area contributed by atoms with Crippen molar-refractivity contribution in [1.29, 1.82) is 0 Å². The molecule has 0 atom stereocenters. The number of pyridine rings is 1. The highest BCUT2D eigenvalue weighted by Gasteiger charge is 2.12. The van der Waals surface area contributed by atoms with Crippen LogP contribution >= 0.6 is 0 Å². The monoisotopic (exact) mass is 319 g/mol. The lowest BCUT2D eigenvalue weighted by Gasteiger charge is -2.26. The molecular formula is C20H21N3O. The van der Waals surface area contributed by atoms with Crippen LogP contribution in [0.25, 0.3) is 21.9 Å². The van der Waals surface area contributed by atoms with Crippen LogP contribution in [0.5, 0.6) is 0 Å². The van der Waals surface area contributed by atoms with Gasteiger partial charge in [0.05, 0.1) is 18.9 Å². The Morgan fingerprint density at radius 1 is 0.958 bits per heavy atom. The van der Waals surface area contributed by atoms with Crippen molar-refractivity contribution in [3.8, 4) is 11.1 Å². The molecule has 0 unspecified atom stereocenters. The van der Waals surface area contributed by atoms with Crippen molar-refractivity contribution in [2.45, 2.75) is 6.54 Å². The SMILES string of the molecule is Nc1cccc2c(-c3ccc(CN4CCOCC4)nc3)cccc12. The van der Waals surface area contributed by atoms with Crippen molar-refractivity contribution in [2.75, 3.05) is 32.0 Å². The third kappa shape index (κ3) is 2.98. The van der Waals surface area contributed by atoms with Gasteiger partial charge in [0, 0.05) is 42.5 Å². The maximum absolute atomic E-state index is 6.10. The van der Waals surface area contributed by atoms with Gasteiger partial charge in [-0.25, -0.2) is 0 Å². The Hall–Kier alpha value is -2.43. The number of nitrogen functional groups attached to an aromatic ring is 1. The van der Waals surface area contributed by atoms with Gasteiger partial charge in [0.1, 0.15) is 0 Å². The highest BCUT2D eigenvalue weighted by molar-refractivity contribution is 6.02. The molecule has 0 saturated carbocycles. The normalized spacial score (nSPS) is 15.7. The van der Waals surface area contributed by atoms with E-state index < -0.39 is 0 Å². The maximum atomic E-state index is 6.10. The highest BCUT2D eigenvalue weighted by atomic mass is 16.5. The number of anilines is 1. The molecule has 1 aromatic heterocycles. The van der Waals surface area contributed by atoms with Crippen molar-refractivity contribution in [3.63, 3.8) is 0 Å². The van der Waals surface area contributed by atoms with E-state index in [1.165, 1.54) is 10.9 Å². The number of nitrogens with zero attached hydrogens (tertiary/aromatic N) is 2. The van der Waals surface area contributed by atoms with Crippen LogP contribution in [0.2, 0.25) is 0 Å². The van der Waals surface area contributed by atoms with E-state index in [4.69, 9.17) is 10.5 Å². The number of ether oxygens (including phenoxy) is 1. The lowest BCUT2D eigenvalue weighted by atomic mass is 9.98. The summed E-state index contributed by atoms with van der Waals surface area (Å²) < 4.78 is 5.39. The Bertz CT molecular complexity index is 839. The standard InChI is InChI=1S/C20H21N3O/c21-20-6-2-4-18-17(3-1-5-19(18)20)15-7-8-16(22-13-15)14-23-9-11-24-12-10-23/h1-8,13H,9-12,14,21H2. The minimum absolute atomic E-state index is 0.811. The largest absolute Gasteiger partial charge is 0.398 e. The molecule has 0 bridgehead atoms. The number of benzene rings is 2. The second-order valence-corrected chi connectivity index (χ2v) is 6.17. The fraction of sp³-hybridized carbons (Fsp3) is 0.250. The zero-order chi connectivity index (χ0) is 16.4. The van der Waals surface area contributed by atoms with Gasteiger partial charge in [0.15, 0.2) is 0 Å². The van der Waals surface area contributed by atoms with Gasteiger partial charge >= 0.3 is 0 Å². The van der Waals surface area contributed by atoms with Gasteiger partial charge < -0.3 is 10.5 Å². The molecule has 1 aliphatic rings. The van der Waals surface area contributed by atoms with Crippen LogP contribution in [0.15, 0.2) is 54.7 Å². The summed E-state index contributed by atoms with van der Waals surface area (Å²) in [5.41, 5.74) is 10.3. The minimum atomic E-state index is 0.811. The first-order chi connectivity index (χ1) is 11.8. The fourth-order valence-electron chi connectivity index (χ4n) is 3.25. The van der Waals surface area contributed by atoms with Crippen molar-refractivity contribution >= 4 is 16.5 Å². The number of nitrogens with two attached hydrogens (primary N) is 1. The molecule has 24 heavy (non-hydrogen) atoms. The quantitative estimate of drug-likeness (QED) is 0.753. The lowest BCUT2D eigenvalue weighted by molar-refractivity contribution is 0.0336. The van der Waals surface area contributed by atoms with Crippen molar-refractivity contribution in [1.82, 2.24) is 9.88 Å². The molecule has 0 aliphatic carbocycles. The third-order valence-electron chi connectivity index (χ3n) is 4.58. The van der Waals surface area contributed by atoms with Gasteiger partial charge in [0.25, 0.3) is 0 Å². The van der Waals surface area contributed by atoms with Gasteiger partial charge in [-0.2, -0.15) is 0 Å². The summed E-state index contributed by atoms with van der Waals surface area (Å²) in [6, 6.07) is 16.6. The van der Waals surface area contributed by atoms with Crippen LogP contribution in [-0.4, -0.2) is 36.2 Å². The van der Waals surface area contributed by atoms with Crippen LogP contribution in [0, 0.1) is 0 Å². The van der Waals surface area contributed by atoms with Gasteiger partial charge in [-0.3, -0.25) is 9.88 Å². The number of hydrogen-bond donors (Lipinski definition) is 1. The lowest BCUT2D eigenvalue weighted by Crippen LogP contribution is -2.35. The summed E-state index contributed by atoms with van der Waals surface area (Å²) in [4.78, 5) is 7.04. The first-order valence-corrected chi connectivity index (χ1v) is 8.34. The molecule has 122 valence electrons. The second kappa shape index (κ2) is 6.59. The van der Waals surface area contributed by atoms with Gasteiger partial charge in [-0.05, 0) is 23.1 Å². The number of rotatable bonds is 3. The predicted octanol–water partition coefficient (Wildman–Crippen LogP) is 3.32. The van der Waals surface area contributed by atoms with Crippen molar-refractivity contribution in [2.24, 2.45) is 0 Å². The van der Waals surface area contributed by atoms with Crippen LogP contribution < -0.4 is 5.73 Å².